The third-order valence-electron chi connectivity index (χ3n) is 9.23. The number of rotatable bonds is 30. The van der Waals surface area contributed by atoms with Crippen LogP contribution in [-0.4, -0.2) is 98.7 Å². The van der Waals surface area contributed by atoms with Gasteiger partial charge in [0.05, 0.1) is 25.4 Å². The molecule has 1 heterocycles. The van der Waals surface area contributed by atoms with Crippen LogP contribution in [0.25, 0.3) is 0 Å². The highest BCUT2D eigenvalue weighted by Gasteiger charge is 2.44. The van der Waals surface area contributed by atoms with Gasteiger partial charge in [0.15, 0.2) is 6.29 Å². The van der Waals surface area contributed by atoms with Gasteiger partial charge < -0.3 is 45.4 Å². The first-order valence-electron chi connectivity index (χ1n) is 19.0. The minimum Gasteiger partial charge on any atom is -0.394 e. The zero-order valence-corrected chi connectivity index (χ0v) is 29.7. The van der Waals surface area contributed by atoms with Crippen molar-refractivity contribution in [3.05, 3.63) is 12.2 Å². The van der Waals surface area contributed by atoms with Gasteiger partial charge in [0, 0.05) is 0 Å². The van der Waals surface area contributed by atoms with E-state index in [9.17, 15) is 35.4 Å². The molecule has 1 fully saturated rings. The molecule has 8 atom stereocenters. The molecular weight excluding hydrogens is 602 g/mol. The Morgan fingerprint density at radius 2 is 1.21 bits per heavy atom. The van der Waals surface area contributed by atoms with Crippen LogP contribution in [0.1, 0.15) is 155 Å². The molecule has 10 heteroatoms. The van der Waals surface area contributed by atoms with E-state index in [1.165, 1.54) is 70.6 Å². The SMILES string of the molecule is CCCC/C=C\CCCCCC(O)C(=O)NC(COC1OC(CO)C(O)C(O)C1O)C(O)CCCCCCCCCCCCCCC. The molecule has 0 saturated carbocycles. The Hall–Kier alpha value is -1.11. The minimum atomic E-state index is -1.59. The molecule has 7 N–H and O–H groups in total. The van der Waals surface area contributed by atoms with Crippen LogP contribution in [0.15, 0.2) is 12.2 Å². The zero-order chi connectivity index (χ0) is 34.7. The lowest BCUT2D eigenvalue weighted by Crippen LogP contribution is -2.60. The summed E-state index contributed by atoms with van der Waals surface area (Å²) in [7, 11) is 0. The molecule has 0 aromatic heterocycles. The summed E-state index contributed by atoms with van der Waals surface area (Å²) >= 11 is 0. The number of carbonyl (C=O) groups excluding carboxylic acids is 1. The average molecular weight is 674 g/mol. The Kier molecular flexibility index (Phi) is 26.8. The first-order valence-corrected chi connectivity index (χ1v) is 19.0. The Morgan fingerprint density at radius 1 is 0.702 bits per heavy atom. The van der Waals surface area contributed by atoms with Crippen LogP contribution in [0.5, 0.6) is 0 Å². The van der Waals surface area contributed by atoms with Crippen molar-refractivity contribution in [2.24, 2.45) is 0 Å². The van der Waals surface area contributed by atoms with E-state index in [0.29, 0.717) is 19.3 Å². The van der Waals surface area contributed by atoms with Crippen LogP contribution in [0, 0.1) is 0 Å². The van der Waals surface area contributed by atoms with Crippen molar-refractivity contribution in [1.82, 2.24) is 5.32 Å². The number of nitrogens with one attached hydrogen (secondary N) is 1. The van der Waals surface area contributed by atoms with Gasteiger partial charge in [-0.15, -0.1) is 0 Å². The number of hydrogen-bond donors (Lipinski definition) is 7. The van der Waals surface area contributed by atoms with Gasteiger partial charge in [-0.3, -0.25) is 4.79 Å². The van der Waals surface area contributed by atoms with Crippen LogP contribution in [0.2, 0.25) is 0 Å². The van der Waals surface area contributed by atoms with Crippen molar-refractivity contribution in [3.8, 4) is 0 Å². The number of aliphatic hydroxyl groups excluding tert-OH is 6. The standard InChI is InChI=1S/C37H71NO9/c1-3-5-7-9-11-13-14-15-16-18-19-21-23-25-30(40)29(28-46-37-35(44)34(43)33(42)32(27-39)47-37)38-36(45)31(41)26-24-22-20-17-12-10-8-6-4-2/h10,12,29-35,37,39-44H,3-9,11,13-28H2,1-2H3,(H,38,45)/b12-10-. The van der Waals surface area contributed by atoms with Crippen molar-refractivity contribution in [2.45, 2.75) is 204 Å². The summed E-state index contributed by atoms with van der Waals surface area (Å²) in [5, 5.41) is 64.3. The number of amides is 1. The fraction of sp³-hybridized carbons (Fsp3) is 0.919. The zero-order valence-electron chi connectivity index (χ0n) is 29.7. The fourth-order valence-corrected chi connectivity index (χ4v) is 5.97. The van der Waals surface area contributed by atoms with E-state index >= 15 is 0 Å². The van der Waals surface area contributed by atoms with E-state index in [-0.39, 0.29) is 6.61 Å². The summed E-state index contributed by atoms with van der Waals surface area (Å²) < 4.78 is 11.1. The van der Waals surface area contributed by atoms with Crippen LogP contribution in [-0.2, 0) is 14.3 Å². The smallest absolute Gasteiger partial charge is 0.249 e. The van der Waals surface area contributed by atoms with E-state index in [1.54, 1.807) is 0 Å². The van der Waals surface area contributed by atoms with Crippen molar-refractivity contribution in [2.75, 3.05) is 13.2 Å². The van der Waals surface area contributed by atoms with Crippen LogP contribution < -0.4 is 5.32 Å². The molecule has 0 aromatic carbocycles. The quantitative estimate of drug-likeness (QED) is 0.0401. The maximum Gasteiger partial charge on any atom is 0.249 e. The van der Waals surface area contributed by atoms with Gasteiger partial charge in [-0.25, -0.2) is 0 Å². The first-order chi connectivity index (χ1) is 22.8. The molecule has 1 aliphatic rings. The van der Waals surface area contributed by atoms with Crippen LogP contribution >= 0.6 is 0 Å². The molecule has 0 aliphatic carbocycles. The molecule has 1 saturated heterocycles. The van der Waals surface area contributed by atoms with Gasteiger partial charge >= 0.3 is 0 Å². The van der Waals surface area contributed by atoms with Gasteiger partial charge in [0.2, 0.25) is 5.91 Å². The van der Waals surface area contributed by atoms with E-state index in [1.807, 2.05) is 0 Å². The van der Waals surface area contributed by atoms with Crippen molar-refractivity contribution in [1.29, 1.82) is 0 Å². The molecule has 8 unspecified atom stereocenters. The minimum absolute atomic E-state index is 0.259. The number of unbranched alkanes of at least 4 members (excludes halogenated alkanes) is 17. The van der Waals surface area contributed by atoms with Gasteiger partial charge in [-0.1, -0.05) is 135 Å². The van der Waals surface area contributed by atoms with E-state index < -0.39 is 61.5 Å². The van der Waals surface area contributed by atoms with Gasteiger partial charge in [-0.2, -0.15) is 0 Å². The highest BCUT2D eigenvalue weighted by Crippen LogP contribution is 2.23. The maximum atomic E-state index is 12.9. The molecule has 47 heavy (non-hydrogen) atoms. The molecule has 0 radical (unpaired) electrons. The topological polar surface area (TPSA) is 169 Å². The molecule has 1 amide bonds. The monoisotopic (exact) mass is 674 g/mol. The Labute approximate surface area is 285 Å². The Bertz CT molecular complexity index is 768. The Morgan fingerprint density at radius 3 is 1.79 bits per heavy atom. The van der Waals surface area contributed by atoms with E-state index in [0.717, 1.165) is 51.4 Å². The summed E-state index contributed by atoms with van der Waals surface area (Å²) in [4.78, 5) is 12.9. The third kappa shape index (κ3) is 20.2. The normalized spacial score (nSPS) is 23.6. The highest BCUT2D eigenvalue weighted by molar-refractivity contribution is 5.80. The van der Waals surface area contributed by atoms with Crippen molar-refractivity contribution in [3.63, 3.8) is 0 Å². The lowest BCUT2D eigenvalue weighted by molar-refractivity contribution is -0.302. The molecule has 0 spiro atoms. The van der Waals surface area contributed by atoms with Gasteiger partial charge in [-0.05, 0) is 32.1 Å². The first kappa shape index (κ1) is 43.9. The largest absolute Gasteiger partial charge is 0.394 e. The second-order valence-electron chi connectivity index (χ2n) is 13.5. The molecule has 278 valence electrons. The second-order valence-corrected chi connectivity index (χ2v) is 13.5. The summed E-state index contributed by atoms with van der Waals surface area (Å²) in [5.74, 6) is -0.601. The molecule has 0 bridgehead atoms. The molecule has 0 aromatic rings. The number of aliphatic hydroxyl groups is 6. The lowest BCUT2D eigenvalue weighted by atomic mass is 9.99. The van der Waals surface area contributed by atoms with Gasteiger partial charge in [0.25, 0.3) is 0 Å². The van der Waals surface area contributed by atoms with Gasteiger partial charge in [0.1, 0.15) is 30.5 Å². The highest BCUT2D eigenvalue weighted by atomic mass is 16.7. The molecule has 1 aliphatic heterocycles. The van der Waals surface area contributed by atoms with Crippen LogP contribution in [0.3, 0.4) is 0 Å². The number of carbonyl (C=O) groups is 1. The molecule has 10 nitrogen and oxygen atoms in total. The van der Waals surface area contributed by atoms with E-state index in [4.69, 9.17) is 9.47 Å². The van der Waals surface area contributed by atoms with E-state index in [2.05, 4.69) is 31.3 Å². The number of allylic oxidation sites excluding steroid dienone is 2. The molecular formula is C37H71NO9. The fourth-order valence-electron chi connectivity index (χ4n) is 5.97. The lowest BCUT2D eigenvalue weighted by Gasteiger charge is -2.40. The predicted molar refractivity (Wildman–Crippen MR) is 186 cm³/mol. The predicted octanol–water partition coefficient (Wildman–Crippen LogP) is 5.19. The third-order valence-corrected chi connectivity index (χ3v) is 9.23. The summed E-state index contributed by atoms with van der Waals surface area (Å²) in [6.07, 6.45) is 18.5. The maximum absolute atomic E-state index is 12.9. The van der Waals surface area contributed by atoms with Crippen molar-refractivity contribution >= 4 is 5.91 Å². The second kappa shape index (κ2) is 28.7. The Balaban J connectivity index is 2.51. The van der Waals surface area contributed by atoms with Crippen LogP contribution in [0.4, 0.5) is 0 Å². The number of hydrogen-bond acceptors (Lipinski definition) is 9. The average Bonchev–Trinajstić information content (AvgIpc) is 3.07. The number of ether oxygens (including phenoxy) is 2. The molecule has 1 rings (SSSR count). The summed E-state index contributed by atoms with van der Waals surface area (Å²) in [6, 6.07) is -0.893. The van der Waals surface area contributed by atoms with Crippen molar-refractivity contribution < 1.29 is 44.9 Å². The summed E-state index contributed by atoms with van der Waals surface area (Å²) in [5.41, 5.74) is 0. The summed E-state index contributed by atoms with van der Waals surface area (Å²) in [6.45, 7) is 3.56.